The highest BCUT2D eigenvalue weighted by Crippen LogP contribution is 2.35. The lowest BCUT2D eigenvalue weighted by molar-refractivity contribution is 0.101. The number of rotatable bonds is 3. The maximum atomic E-state index is 12.0. The summed E-state index contributed by atoms with van der Waals surface area (Å²) in [5.41, 5.74) is 5.94. The highest BCUT2D eigenvalue weighted by molar-refractivity contribution is 6.12. The number of aryl methyl sites for hydroxylation is 1. The molecular weight excluding hydrogens is 274 g/mol. The Bertz CT molecular complexity index is 848. The zero-order valence-electron chi connectivity index (χ0n) is 13.3. The number of carbonyl (C=O) groups excluding carboxylic acids is 1. The summed E-state index contributed by atoms with van der Waals surface area (Å²) in [6.45, 7) is 3.56. The van der Waals surface area contributed by atoms with E-state index in [1.165, 1.54) is 0 Å². The number of Topliss-reactive ketones (excluding diaryl/α,β-unsaturated/α-hetero) is 1. The van der Waals surface area contributed by atoms with Crippen LogP contribution in [-0.2, 0) is 0 Å². The molecule has 4 nitrogen and oxygen atoms in total. The highest BCUT2D eigenvalue weighted by atomic mass is 16.1. The smallest absolute Gasteiger partial charge is 0.162 e. The number of nitrogens with zero attached hydrogens (tertiary/aromatic N) is 2. The maximum Gasteiger partial charge on any atom is 0.162 e. The van der Waals surface area contributed by atoms with Crippen LogP contribution in [0.4, 0.5) is 5.69 Å². The van der Waals surface area contributed by atoms with E-state index in [9.17, 15) is 4.79 Å². The van der Waals surface area contributed by atoms with Crippen molar-refractivity contribution in [2.24, 2.45) is 0 Å². The van der Waals surface area contributed by atoms with Gasteiger partial charge in [0.2, 0.25) is 0 Å². The van der Waals surface area contributed by atoms with Crippen molar-refractivity contribution in [1.82, 2.24) is 9.97 Å². The summed E-state index contributed by atoms with van der Waals surface area (Å²) in [7, 11) is 4.02. The summed E-state index contributed by atoms with van der Waals surface area (Å²) < 4.78 is 0. The highest BCUT2D eigenvalue weighted by Gasteiger charge is 2.17. The molecule has 3 aromatic rings. The standard InChI is InChI=1S/C18H19N3O/c1-11-17(12(2)22)15-9-14(13-5-7-19-8-6-13)10-16(21(3)4)18(15)20-11/h5-10,20H,1-4H3. The van der Waals surface area contributed by atoms with Crippen molar-refractivity contribution in [3.8, 4) is 11.1 Å². The van der Waals surface area contributed by atoms with Crippen LogP contribution in [0.1, 0.15) is 23.0 Å². The van der Waals surface area contributed by atoms with Crippen LogP contribution in [0.3, 0.4) is 0 Å². The van der Waals surface area contributed by atoms with Crippen LogP contribution in [0.5, 0.6) is 0 Å². The molecule has 0 amide bonds. The largest absolute Gasteiger partial charge is 0.376 e. The van der Waals surface area contributed by atoms with E-state index in [0.717, 1.165) is 39.0 Å². The predicted octanol–water partition coefficient (Wildman–Crippen LogP) is 3.81. The molecule has 0 fully saturated rings. The first-order valence-corrected chi connectivity index (χ1v) is 7.24. The van der Waals surface area contributed by atoms with Crippen LogP contribution in [0.2, 0.25) is 0 Å². The summed E-state index contributed by atoms with van der Waals surface area (Å²) >= 11 is 0. The summed E-state index contributed by atoms with van der Waals surface area (Å²) in [6.07, 6.45) is 3.56. The van der Waals surface area contributed by atoms with Crippen molar-refractivity contribution >= 4 is 22.4 Å². The number of nitrogens with one attached hydrogen (secondary N) is 1. The molecular formula is C18H19N3O. The third-order valence-electron chi connectivity index (χ3n) is 3.92. The van der Waals surface area contributed by atoms with Gasteiger partial charge in [-0.2, -0.15) is 0 Å². The monoisotopic (exact) mass is 293 g/mol. The van der Waals surface area contributed by atoms with Gasteiger partial charge in [-0.25, -0.2) is 0 Å². The maximum absolute atomic E-state index is 12.0. The molecule has 1 aromatic carbocycles. The molecule has 2 heterocycles. The first kappa shape index (κ1) is 14.3. The minimum Gasteiger partial charge on any atom is -0.376 e. The van der Waals surface area contributed by atoms with Gasteiger partial charge < -0.3 is 9.88 Å². The number of benzene rings is 1. The fraction of sp³-hybridized carbons (Fsp3) is 0.222. The first-order chi connectivity index (χ1) is 10.5. The van der Waals surface area contributed by atoms with Gasteiger partial charge in [-0.15, -0.1) is 0 Å². The van der Waals surface area contributed by atoms with Crippen LogP contribution >= 0.6 is 0 Å². The summed E-state index contributed by atoms with van der Waals surface area (Å²) in [5, 5.41) is 0.975. The van der Waals surface area contributed by atoms with E-state index in [4.69, 9.17) is 0 Å². The normalized spacial score (nSPS) is 10.9. The molecule has 0 aliphatic rings. The number of anilines is 1. The molecule has 1 N–H and O–H groups in total. The Morgan fingerprint density at radius 3 is 2.41 bits per heavy atom. The van der Waals surface area contributed by atoms with Crippen LogP contribution in [0.15, 0.2) is 36.7 Å². The number of ketones is 1. The van der Waals surface area contributed by atoms with Crippen molar-refractivity contribution in [3.05, 3.63) is 47.9 Å². The zero-order valence-corrected chi connectivity index (χ0v) is 13.3. The van der Waals surface area contributed by atoms with Crippen molar-refractivity contribution < 1.29 is 4.79 Å². The molecule has 0 atom stereocenters. The van der Waals surface area contributed by atoms with E-state index in [1.54, 1.807) is 19.3 Å². The molecule has 2 aromatic heterocycles. The third kappa shape index (κ3) is 2.26. The second-order valence-corrected chi connectivity index (χ2v) is 5.73. The second kappa shape index (κ2) is 5.30. The van der Waals surface area contributed by atoms with Gasteiger partial charge >= 0.3 is 0 Å². The fourth-order valence-corrected chi connectivity index (χ4v) is 2.92. The SMILES string of the molecule is CC(=O)c1c(C)[nH]c2c(N(C)C)cc(-c3ccncc3)cc12. The van der Waals surface area contributed by atoms with E-state index in [1.807, 2.05) is 33.2 Å². The second-order valence-electron chi connectivity index (χ2n) is 5.73. The first-order valence-electron chi connectivity index (χ1n) is 7.24. The number of H-pyrrole nitrogens is 1. The van der Waals surface area contributed by atoms with Crippen molar-refractivity contribution in [2.45, 2.75) is 13.8 Å². The number of pyridine rings is 1. The molecule has 0 aliphatic heterocycles. The van der Waals surface area contributed by atoms with Gasteiger partial charge in [-0.3, -0.25) is 9.78 Å². The van der Waals surface area contributed by atoms with Crippen LogP contribution in [-0.4, -0.2) is 29.8 Å². The van der Waals surface area contributed by atoms with Gasteiger partial charge in [0.05, 0.1) is 11.2 Å². The molecule has 0 spiro atoms. The molecule has 22 heavy (non-hydrogen) atoms. The number of aromatic amines is 1. The molecule has 0 radical (unpaired) electrons. The van der Waals surface area contributed by atoms with Crippen LogP contribution in [0.25, 0.3) is 22.0 Å². The molecule has 112 valence electrons. The number of fused-ring (bicyclic) bond motifs is 1. The quantitative estimate of drug-likeness (QED) is 0.747. The van der Waals surface area contributed by atoms with Gasteiger partial charge in [-0.05, 0) is 49.2 Å². The summed E-state index contributed by atoms with van der Waals surface area (Å²) in [6, 6.07) is 8.18. The Hall–Kier alpha value is -2.62. The molecule has 0 saturated heterocycles. The van der Waals surface area contributed by atoms with Gasteiger partial charge in [-0.1, -0.05) is 0 Å². The lowest BCUT2D eigenvalue weighted by atomic mass is 10.00. The predicted molar refractivity (Wildman–Crippen MR) is 90.6 cm³/mol. The lowest BCUT2D eigenvalue weighted by Crippen LogP contribution is -2.09. The van der Waals surface area contributed by atoms with Gasteiger partial charge in [0, 0.05) is 43.1 Å². The van der Waals surface area contributed by atoms with Crippen LogP contribution in [0, 0.1) is 6.92 Å². The lowest BCUT2D eigenvalue weighted by Gasteiger charge is -2.16. The summed E-state index contributed by atoms with van der Waals surface area (Å²) in [5.74, 6) is 0.0836. The van der Waals surface area contributed by atoms with E-state index >= 15 is 0 Å². The van der Waals surface area contributed by atoms with E-state index < -0.39 is 0 Å². The van der Waals surface area contributed by atoms with E-state index in [0.29, 0.717) is 0 Å². The zero-order chi connectivity index (χ0) is 15.9. The molecule has 0 bridgehead atoms. The topological polar surface area (TPSA) is 49.0 Å². The van der Waals surface area contributed by atoms with Crippen molar-refractivity contribution in [1.29, 1.82) is 0 Å². The van der Waals surface area contributed by atoms with E-state index in [-0.39, 0.29) is 5.78 Å². The molecule has 0 unspecified atom stereocenters. The fourth-order valence-electron chi connectivity index (χ4n) is 2.92. The van der Waals surface area contributed by atoms with Gasteiger partial charge in [0.1, 0.15) is 0 Å². The van der Waals surface area contributed by atoms with E-state index in [2.05, 4.69) is 27.0 Å². The number of hydrogen-bond donors (Lipinski definition) is 1. The van der Waals surface area contributed by atoms with Gasteiger partial charge in [0.15, 0.2) is 5.78 Å². The minimum atomic E-state index is 0.0836. The Balaban J connectivity index is 2.37. The number of carbonyl (C=O) groups is 1. The Labute approximate surface area is 129 Å². The van der Waals surface area contributed by atoms with Crippen molar-refractivity contribution in [3.63, 3.8) is 0 Å². The molecule has 4 heteroatoms. The average molecular weight is 293 g/mol. The Morgan fingerprint density at radius 1 is 1.14 bits per heavy atom. The molecule has 3 rings (SSSR count). The Kier molecular flexibility index (Phi) is 3.45. The van der Waals surface area contributed by atoms with Crippen molar-refractivity contribution in [2.75, 3.05) is 19.0 Å². The minimum absolute atomic E-state index is 0.0836. The molecule has 0 saturated carbocycles. The number of hydrogen-bond acceptors (Lipinski definition) is 3. The van der Waals surface area contributed by atoms with Crippen LogP contribution < -0.4 is 4.90 Å². The third-order valence-corrected chi connectivity index (χ3v) is 3.92. The van der Waals surface area contributed by atoms with Gasteiger partial charge in [0.25, 0.3) is 0 Å². The number of aromatic nitrogens is 2. The average Bonchev–Trinajstić information content (AvgIpc) is 2.82. The molecule has 0 aliphatic carbocycles. The summed E-state index contributed by atoms with van der Waals surface area (Å²) in [4.78, 5) is 21.5. The Morgan fingerprint density at radius 2 is 1.82 bits per heavy atom.